The zero-order valence-corrected chi connectivity index (χ0v) is 11.7. The smallest absolute Gasteiger partial charge is 0.234 e. The summed E-state index contributed by atoms with van der Waals surface area (Å²) < 4.78 is 0. The zero-order valence-electron chi connectivity index (χ0n) is 11.7. The van der Waals surface area contributed by atoms with Crippen molar-refractivity contribution >= 4 is 16.7 Å². The molecule has 1 saturated carbocycles. The molecule has 0 aliphatic heterocycles. The van der Waals surface area contributed by atoms with Gasteiger partial charge in [-0.1, -0.05) is 42.5 Å². The zero-order chi connectivity index (χ0) is 13.9. The average Bonchev–Trinajstić information content (AvgIpc) is 3.28. The molecular weight excluding hydrogens is 248 g/mol. The van der Waals surface area contributed by atoms with E-state index in [-0.39, 0.29) is 11.9 Å². The van der Waals surface area contributed by atoms with Gasteiger partial charge in [0.1, 0.15) is 0 Å². The standard InChI is InChI=1S/C17H20N2O/c1-12(18-11-17(20)19-14-9-10-14)15-8-4-6-13-5-2-3-7-16(13)15/h2-8,12,14,18H,9-11H2,1H3,(H,19,20). The fraction of sp³-hybridized carbons (Fsp3) is 0.353. The molecule has 20 heavy (non-hydrogen) atoms. The molecule has 0 spiro atoms. The molecule has 0 saturated heterocycles. The van der Waals surface area contributed by atoms with Crippen LogP contribution in [0.1, 0.15) is 31.4 Å². The third-order valence-electron chi connectivity index (χ3n) is 3.80. The fourth-order valence-corrected chi connectivity index (χ4v) is 2.49. The number of benzene rings is 2. The van der Waals surface area contributed by atoms with Crippen molar-refractivity contribution in [1.29, 1.82) is 0 Å². The second-order valence-corrected chi connectivity index (χ2v) is 5.51. The SMILES string of the molecule is CC(NCC(=O)NC1CC1)c1cccc2ccccc12. The molecule has 1 aliphatic carbocycles. The number of hydrogen-bond acceptors (Lipinski definition) is 2. The maximum Gasteiger partial charge on any atom is 0.234 e. The van der Waals surface area contributed by atoms with Crippen LogP contribution in [0.3, 0.4) is 0 Å². The lowest BCUT2D eigenvalue weighted by atomic mass is 10.00. The van der Waals surface area contributed by atoms with E-state index in [1.165, 1.54) is 16.3 Å². The molecule has 2 N–H and O–H groups in total. The number of carbonyl (C=O) groups excluding carboxylic acids is 1. The monoisotopic (exact) mass is 268 g/mol. The van der Waals surface area contributed by atoms with Gasteiger partial charge in [-0.15, -0.1) is 0 Å². The first kappa shape index (κ1) is 13.1. The third-order valence-corrected chi connectivity index (χ3v) is 3.80. The number of rotatable bonds is 5. The van der Waals surface area contributed by atoms with Gasteiger partial charge < -0.3 is 10.6 Å². The molecule has 0 heterocycles. The highest BCUT2D eigenvalue weighted by atomic mass is 16.2. The van der Waals surface area contributed by atoms with Crippen LogP contribution in [0.15, 0.2) is 42.5 Å². The summed E-state index contributed by atoms with van der Waals surface area (Å²) in [6, 6.07) is 15.2. The van der Waals surface area contributed by atoms with Crippen molar-refractivity contribution in [2.45, 2.75) is 31.8 Å². The molecule has 3 rings (SSSR count). The number of amides is 1. The van der Waals surface area contributed by atoms with Gasteiger partial charge in [0.25, 0.3) is 0 Å². The predicted octanol–water partition coefficient (Wildman–Crippen LogP) is 2.77. The van der Waals surface area contributed by atoms with E-state index in [0.717, 1.165) is 12.8 Å². The Bertz CT molecular complexity index is 614. The molecule has 0 radical (unpaired) electrons. The van der Waals surface area contributed by atoms with E-state index in [4.69, 9.17) is 0 Å². The van der Waals surface area contributed by atoms with E-state index < -0.39 is 0 Å². The van der Waals surface area contributed by atoms with Crippen molar-refractivity contribution in [3.05, 3.63) is 48.0 Å². The second kappa shape index (κ2) is 5.63. The summed E-state index contributed by atoms with van der Waals surface area (Å²) in [6.45, 7) is 2.48. The topological polar surface area (TPSA) is 41.1 Å². The molecule has 1 amide bonds. The highest BCUT2D eigenvalue weighted by Gasteiger charge is 2.23. The Labute approximate surface area is 119 Å². The number of nitrogens with one attached hydrogen (secondary N) is 2. The quantitative estimate of drug-likeness (QED) is 0.875. The van der Waals surface area contributed by atoms with Crippen LogP contribution in [-0.2, 0) is 4.79 Å². The van der Waals surface area contributed by atoms with Crippen molar-refractivity contribution in [2.24, 2.45) is 0 Å². The minimum absolute atomic E-state index is 0.0968. The van der Waals surface area contributed by atoms with E-state index in [1.54, 1.807) is 0 Å². The van der Waals surface area contributed by atoms with E-state index in [0.29, 0.717) is 12.6 Å². The van der Waals surface area contributed by atoms with Crippen LogP contribution in [0, 0.1) is 0 Å². The molecule has 0 aromatic heterocycles. The van der Waals surface area contributed by atoms with Gasteiger partial charge in [-0.05, 0) is 36.1 Å². The summed E-state index contributed by atoms with van der Waals surface area (Å²) in [5.74, 6) is 0.0968. The summed E-state index contributed by atoms with van der Waals surface area (Å²) in [7, 11) is 0. The second-order valence-electron chi connectivity index (χ2n) is 5.51. The first-order valence-corrected chi connectivity index (χ1v) is 7.24. The van der Waals surface area contributed by atoms with Gasteiger partial charge >= 0.3 is 0 Å². The van der Waals surface area contributed by atoms with Gasteiger partial charge in [-0.2, -0.15) is 0 Å². The van der Waals surface area contributed by atoms with Crippen LogP contribution >= 0.6 is 0 Å². The Morgan fingerprint density at radius 1 is 1.20 bits per heavy atom. The summed E-state index contributed by atoms with van der Waals surface area (Å²) in [5, 5.41) is 8.79. The molecule has 2 aromatic rings. The molecule has 1 aliphatic rings. The summed E-state index contributed by atoms with van der Waals surface area (Å²) in [5.41, 5.74) is 1.24. The molecule has 104 valence electrons. The van der Waals surface area contributed by atoms with Crippen LogP contribution in [0.5, 0.6) is 0 Å². The maximum absolute atomic E-state index is 11.7. The van der Waals surface area contributed by atoms with Crippen LogP contribution in [-0.4, -0.2) is 18.5 Å². The van der Waals surface area contributed by atoms with E-state index >= 15 is 0 Å². The molecule has 1 fully saturated rings. The Morgan fingerprint density at radius 2 is 1.95 bits per heavy atom. The molecule has 3 heteroatoms. The van der Waals surface area contributed by atoms with Crippen molar-refractivity contribution in [2.75, 3.05) is 6.54 Å². The summed E-state index contributed by atoms with van der Waals surface area (Å²) in [4.78, 5) is 11.7. The predicted molar refractivity (Wildman–Crippen MR) is 81.5 cm³/mol. The van der Waals surface area contributed by atoms with E-state index in [2.05, 4.69) is 54.0 Å². The minimum Gasteiger partial charge on any atom is -0.352 e. The normalized spacial score (nSPS) is 16.1. The molecule has 1 atom stereocenters. The third kappa shape index (κ3) is 2.99. The Kier molecular flexibility index (Phi) is 3.70. The number of hydrogen-bond donors (Lipinski definition) is 2. The van der Waals surface area contributed by atoms with Crippen LogP contribution in [0.25, 0.3) is 10.8 Å². The van der Waals surface area contributed by atoms with Crippen LogP contribution in [0.2, 0.25) is 0 Å². The van der Waals surface area contributed by atoms with Gasteiger partial charge in [0.15, 0.2) is 0 Å². The van der Waals surface area contributed by atoms with Gasteiger partial charge in [-0.3, -0.25) is 4.79 Å². The van der Waals surface area contributed by atoms with Crippen molar-refractivity contribution < 1.29 is 4.79 Å². The largest absolute Gasteiger partial charge is 0.352 e. The minimum atomic E-state index is 0.0968. The molecule has 3 nitrogen and oxygen atoms in total. The van der Waals surface area contributed by atoms with E-state index in [9.17, 15) is 4.79 Å². The summed E-state index contributed by atoms with van der Waals surface area (Å²) in [6.07, 6.45) is 2.26. The van der Waals surface area contributed by atoms with Gasteiger partial charge in [-0.25, -0.2) is 0 Å². The van der Waals surface area contributed by atoms with Crippen LogP contribution < -0.4 is 10.6 Å². The first-order valence-electron chi connectivity index (χ1n) is 7.24. The first-order chi connectivity index (χ1) is 9.74. The molecule has 2 aromatic carbocycles. The van der Waals surface area contributed by atoms with Gasteiger partial charge in [0.2, 0.25) is 5.91 Å². The van der Waals surface area contributed by atoms with Gasteiger partial charge in [0.05, 0.1) is 6.54 Å². The Balaban J connectivity index is 1.68. The average molecular weight is 268 g/mol. The highest BCUT2D eigenvalue weighted by molar-refractivity contribution is 5.86. The van der Waals surface area contributed by atoms with Crippen molar-refractivity contribution in [3.63, 3.8) is 0 Å². The lowest BCUT2D eigenvalue weighted by Gasteiger charge is -2.16. The van der Waals surface area contributed by atoms with Crippen LogP contribution in [0.4, 0.5) is 0 Å². The van der Waals surface area contributed by atoms with E-state index in [1.807, 2.05) is 6.07 Å². The highest BCUT2D eigenvalue weighted by Crippen LogP contribution is 2.24. The van der Waals surface area contributed by atoms with Crippen molar-refractivity contribution in [1.82, 2.24) is 10.6 Å². The molecule has 1 unspecified atom stereocenters. The Hall–Kier alpha value is -1.87. The molecular formula is C17H20N2O. The van der Waals surface area contributed by atoms with Gasteiger partial charge in [0, 0.05) is 12.1 Å². The molecule has 0 bridgehead atoms. The fourth-order valence-electron chi connectivity index (χ4n) is 2.49. The summed E-state index contributed by atoms with van der Waals surface area (Å²) >= 11 is 0. The lowest BCUT2D eigenvalue weighted by Crippen LogP contribution is -2.36. The van der Waals surface area contributed by atoms with Crippen molar-refractivity contribution in [3.8, 4) is 0 Å². The number of carbonyl (C=O) groups is 1. The Morgan fingerprint density at radius 3 is 2.75 bits per heavy atom. The maximum atomic E-state index is 11.7. The number of fused-ring (bicyclic) bond motifs is 1. The lowest BCUT2D eigenvalue weighted by molar-refractivity contribution is -0.120.